The lowest BCUT2D eigenvalue weighted by molar-refractivity contribution is -0.115. The van der Waals surface area contributed by atoms with Gasteiger partial charge in [-0.1, -0.05) is 11.3 Å². The van der Waals surface area contributed by atoms with Crippen LogP contribution in [0.1, 0.15) is 27.2 Å². The number of halogens is 1. The molecule has 0 saturated heterocycles. The number of nitrogens with one attached hydrogen (secondary N) is 1. The number of esters is 1. The number of fused-ring (bicyclic) bond motifs is 2. The molecule has 0 unspecified atom stereocenters. The van der Waals surface area contributed by atoms with Gasteiger partial charge in [0.1, 0.15) is 10.8 Å². The second kappa shape index (κ2) is 11.5. The molecule has 186 valence electrons. The molecule has 2 amide bonds. The van der Waals surface area contributed by atoms with Crippen LogP contribution in [0.3, 0.4) is 0 Å². The van der Waals surface area contributed by atoms with Crippen molar-refractivity contribution >= 4 is 67.4 Å². The van der Waals surface area contributed by atoms with Gasteiger partial charge in [0.25, 0.3) is 5.91 Å². The summed E-state index contributed by atoms with van der Waals surface area (Å²) in [7, 11) is 2.90. The molecule has 2 aromatic heterocycles. The number of ether oxygens (including phenoxy) is 2. The molecule has 0 atom stereocenters. The molecule has 0 aliphatic heterocycles. The second-order valence-corrected chi connectivity index (χ2v) is 10.8. The van der Waals surface area contributed by atoms with Gasteiger partial charge in [-0.2, -0.15) is 4.99 Å². The number of methoxy groups -OCH3 is 2. The Kier molecular flexibility index (Phi) is 8.37. The third-order valence-corrected chi connectivity index (χ3v) is 8.57. The van der Waals surface area contributed by atoms with Crippen molar-refractivity contribution in [1.29, 1.82) is 0 Å². The van der Waals surface area contributed by atoms with Gasteiger partial charge in [0.15, 0.2) is 4.80 Å². The number of hydrogen-bond acceptors (Lipinski definition) is 8. The lowest BCUT2D eigenvalue weighted by Crippen LogP contribution is -2.20. The molecule has 2 heterocycles. The molecule has 3 aromatic rings. The minimum absolute atomic E-state index is 0.00506. The summed E-state index contributed by atoms with van der Waals surface area (Å²) in [4.78, 5) is 43.0. The van der Waals surface area contributed by atoms with Crippen molar-refractivity contribution in [3.63, 3.8) is 0 Å². The van der Waals surface area contributed by atoms with Gasteiger partial charge in [-0.3, -0.25) is 9.59 Å². The number of rotatable bonds is 9. The summed E-state index contributed by atoms with van der Waals surface area (Å²) < 4.78 is 26.2. The van der Waals surface area contributed by atoms with Crippen LogP contribution in [-0.2, 0) is 38.4 Å². The zero-order valence-electron chi connectivity index (χ0n) is 19.2. The minimum atomic E-state index is -0.452. The molecule has 8 nitrogen and oxygen atoms in total. The SMILES string of the molecule is COCCn1c(=NC(=O)CSCC(=O)Nc2sc3c(c2C(=O)OC)CCC3)sc2cc(F)ccc21. The van der Waals surface area contributed by atoms with E-state index in [0.717, 1.165) is 47.0 Å². The summed E-state index contributed by atoms with van der Waals surface area (Å²) in [6.07, 6.45) is 2.67. The molecule has 1 aromatic carbocycles. The van der Waals surface area contributed by atoms with Crippen molar-refractivity contribution in [2.45, 2.75) is 25.8 Å². The number of thioether (sulfide) groups is 1. The second-order valence-electron chi connectivity index (χ2n) is 7.74. The smallest absolute Gasteiger partial charge is 0.341 e. The van der Waals surface area contributed by atoms with Gasteiger partial charge in [0.2, 0.25) is 5.91 Å². The van der Waals surface area contributed by atoms with Crippen LogP contribution in [0.25, 0.3) is 10.2 Å². The molecule has 35 heavy (non-hydrogen) atoms. The molecule has 1 N–H and O–H groups in total. The molecule has 4 rings (SSSR count). The summed E-state index contributed by atoms with van der Waals surface area (Å²) >= 11 is 3.77. The average Bonchev–Trinajstić information content (AvgIpc) is 3.49. The zero-order valence-corrected chi connectivity index (χ0v) is 21.7. The number of nitrogens with zero attached hydrogens (tertiary/aromatic N) is 2. The number of carbonyl (C=O) groups excluding carboxylic acids is 3. The fourth-order valence-corrected chi connectivity index (χ4v) is 6.86. The van der Waals surface area contributed by atoms with E-state index < -0.39 is 11.9 Å². The van der Waals surface area contributed by atoms with Crippen LogP contribution in [0.2, 0.25) is 0 Å². The van der Waals surface area contributed by atoms with Crippen LogP contribution in [0, 0.1) is 5.82 Å². The standard InChI is InChI=1S/C23H24FN3O5S3/c1-31-9-8-27-15-7-6-13(24)10-17(15)35-23(27)26-19(29)12-33-11-18(28)25-21-20(22(30)32-2)14-4-3-5-16(14)34-21/h6-7,10H,3-5,8-9,11-12H2,1-2H3,(H,25,28). The third-order valence-electron chi connectivity index (χ3n) is 5.41. The van der Waals surface area contributed by atoms with Crippen molar-refractivity contribution in [3.8, 4) is 0 Å². The van der Waals surface area contributed by atoms with E-state index in [9.17, 15) is 18.8 Å². The fourth-order valence-electron chi connectivity index (χ4n) is 3.87. The number of benzene rings is 1. The molecule has 0 saturated carbocycles. The molecular formula is C23H24FN3O5S3. The molecule has 0 spiro atoms. The molecule has 1 aliphatic carbocycles. The Morgan fingerprint density at radius 3 is 2.80 bits per heavy atom. The molecule has 0 radical (unpaired) electrons. The number of amides is 2. The van der Waals surface area contributed by atoms with Crippen molar-refractivity contribution in [1.82, 2.24) is 4.57 Å². The van der Waals surface area contributed by atoms with Gasteiger partial charge >= 0.3 is 5.97 Å². The number of anilines is 1. The van der Waals surface area contributed by atoms with Crippen molar-refractivity contribution in [3.05, 3.63) is 44.8 Å². The molecule has 0 bridgehead atoms. The Bertz CT molecular complexity index is 1340. The summed E-state index contributed by atoms with van der Waals surface area (Å²) in [5, 5.41) is 3.30. The maximum atomic E-state index is 13.6. The highest BCUT2D eigenvalue weighted by molar-refractivity contribution is 8.00. The monoisotopic (exact) mass is 537 g/mol. The van der Waals surface area contributed by atoms with Gasteiger partial charge in [-0.15, -0.1) is 23.1 Å². The van der Waals surface area contributed by atoms with Crippen LogP contribution < -0.4 is 10.1 Å². The maximum Gasteiger partial charge on any atom is 0.341 e. The van der Waals surface area contributed by atoms with Gasteiger partial charge in [-0.25, -0.2) is 9.18 Å². The average molecular weight is 538 g/mol. The van der Waals surface area contributed by atoms with Crippen molar-refractivity contribution < 1.29 is 28.2 Å². The van der Waals surface area contributed by atoms with Crippen LogP contribution in [0.4, 0.5) is 9.39 Å². The van der Waals surface area contributed by atoms with E-state index in [2.05, 4.69) is 10.3 Å². The third kappa shape index (κ3) is 5.83. The Hall–Kier alpha value is -2.54. The number of hydrogen-bond donors (Lipinski definition) is 1. The van der Waals surface area contributed by atoms with Crippen molar-refractivity contribution in [2.75, 3.05) is 37.6 Å². The fraction of sp³-hybridized carbons (Fsp3) is 0.391. The highest BCUT2D eigenvalue weighted by Gasteiger charge is 2.28. The first kappa shape index (κ1) is 25.5. The minimum Gasteiger partial charge on any atom is -0.465 e. The molecule has 12 heteroatoms. The quantitative estimate of drug-likeness (QED) is 0.419. The maximum absolute atomic E-state index is 13.6. The number of thiophene rings is 1. The van der Waals surface area contributed by atoms with E-state index in [0.29, 0.717) is 33.2 Å². The van der Waals surface area contributed by atoms with E-state index in [1.807, 2.05) is 4.57 Å². The molecular weight excluding hydrogens is 513 g/mol. The zero-order chi connectivity index (χ0) is 24.9. The Labute approximate surface area is 213 Å². The van der Waals surface area contributed by atoms with Gasteiger partial charge in [0.05, 0.1) is 41.0 Å². The lowest BCUT2D eigenvalue weighted by Gasteiger charge is -2.06. The first-order chi connectivity index (χ1) is 16.9. The van der Waals surface area contributed by atoms with Crippen LogP contribution in [0.15, 0.2) is 23.2 Å². The molecule has 0 fully saturated rings. The van der Waals surface area contributed by atoms with Crippen LogP contribution in [0.5, 0.6) is 0 Å². The summed E-state index contributed by atoms with van der Waals surface area (Å²) in [5.41, 5.74) is 2.18. The van der Waals surface area contributed by atoms with Crippen LogP contribution in [-0.4, -0.2) is 54.7 Å². The largest absolute Gasteiger partial charge is 0.465 e. The Morgan fingerprint density at radius 2 is 2.03 bits per heavy atom. The molecule has 1 aliphatic rings. The highest BCUT2D eigenvalue weighted by Crippen LogP contribution is 2.39. The topological polar surface area (TPSA) is 99.0 Å². The van der Waals surface area contributed by atoms with E-state index in [-0.39, 0.29) is 23.2 Å². The highest BCUT2D eigenvalue weighted by atomic mass is 32.2. The first-order valence-electron chi connectivity index (χ1n) is 10.9. The van der Waals surface area contributed by atoms with E-state index in [1.165, 1.54) is 41.9 Å². The summed E-state index contributed by atoms with van der Waals surface area (Å²) in [6, 6.07) is 4.43. The summed E-state index contributed by atoms with van der Waals surface area (Å²) in [6.45, 7) is 0.885. The van der Waals surface area contributed by atoms with Gasteiger partial charge in [0, 0.05) is 18.5 Å². The Morgan fingerprint density at radius 1 is 1.20 bits per heavy atom. The predicted molar refractivity (Wildman–Crippen MR) is 136 cm³/mol. The number of aromatic nitrogens is 1. The van der Waals surface area contributed by atoms with Crippen molar-refractivity contribution in [2.24, 2.45) is 4.99 Å². The van der Waals surface area contributed by atoms with Crippen LogP contribution >= 0.6 is 34.4 Å². The van der Waals surface area contributed by atoms with E-state index in [4.69, 9.17) is 9.47 Å². The van der Waals surface area contributed by atoms with Gasteiger partial charge in [-0.05, 0) is 43.0 Å². The normalized spacial score (nSPS) is 13.3. The number of thiazole rings is 1. The predicted octanol–water partition coefficient (Wildman–Crippen LogP) is 3.62. The van der Waals surface area contributed by atoms with E-state index >= 15 is 0 Å². The van der Waals surface area contributed by atoms with Gasteiger partial charge < -0.3 is 19.4 Å². The number of aryl methyl sites for hydroxylation is 1. The van der Waals surface area contributed by atoms with E-state index in [1.54, 1.807) is 13.2 Å². The Balaban J connectivity index is 1.40. The number of carbonyl (C=O) groups is 3. The lowest BCUT2D eigenvalue weighted by atomic mass is 10.1. The summed E-state index contributed by atoms with van der Waals surface area (Å²) in [5.74, 6) is -1.47. The first-order valence-corrected chi connectivity index (χ1v) is 13.7.